The molecule has 4 rings (SSSR count). The third-order valence-corrected chi connectivity index (χ3v) is 5.57. The first-order valence-corrected chi connectivity index (χ1v) is 9.16. The number of ether oxygens (including phenoxy) is 1. The number of amides is 1. The number of carbonyl (C=O) groups is 1. The van der Waals surface area contributed by atoms with Gasteiger partial charge in [-0.1, -0.05) is 29.5 Å². The van der Waals surface area contributed by atoms with Crippen LogP contribution < -0.4 is 15.0 Å². The minimum atomic E-state index is -0.276. The van der Waals surface area contributed by atoms with Crippen molar-refractivity contribution in [3.05, 3.63) is 53.8 Å². The van der Waals surface area contributed by atoms with E-state index in [9.17, 15) is 9.18 Å². The summed E-state index contributed by atoms with van der Waals surface area (Å²) in [5.41, 5.74) is 1.74. The van der Waals surface area contributed by atoms with E-state index in [0.29, 0.717) is 19.6 Å². The lowest BCUT2D eigenvalue weighted by Gasteiger charge is -2.37. The summed E-state index contributed by atoms with van der Waals surface area (Å²) in [5.74, 6) is 0.454. The first kappa shape index (κ1) is 16.8. The van der Waals surface area contributed by atoms with Gasteiger partial charge in [-0.15, -0.1) is 0 Å². The molecule has 1 amide bonds. The highest BCUT2D eigenvalue weighted by atomic mass is 32.1. The molecule has 0 saturated carbocycles. The number of rotatable bonds is 5. The molecule has 0 aliphatic carbocycles. The van der Waals surface area contributed by atoms with Gasteiger partial charge in [-0.05, 0) is 29.8 Å². The number of aromatic nitrogens is 1. The summed E-state index contributed by atoms with van der Waals surface area (Å²) >= 11 is 1.60. The highest BCUT2D eigenvalue weighted by Gasteiger charge is 2.34. The maximum Gasteiger partial charge on any atom is 0.226 e. The predicted octanol–water partition coefficient (Wildman–Crippen LogP) is 3.20. The van der Waals surface area contributed by atoms with E-state index < -0.39 is 0 Å². The average Bonchev–Trinajstić information content (AvgIpc) is 3.03. The summed E-state index contributed by atoms with van der Waals surface area (Å²) in [6.07, 6.45) is 0. The van der Waals surface area contributed by atoms with Crippen LogP contribution in [0.1, 0.15) is 5.56 Å². The molecule has 2 heterocycles. The highest BCUT2D eigenvalue weighted by molar-refractivity contribution is 7.22. The molecule has 0 spiro atoms. The average molecular weight is 371 g/mol. The zero-order chi connectivity index (χ0) is 18.1. The van der Waals surface area contributed by atoms with Gasteiger partial charge in [-0.3, -0.25) is 4.79 Å². The molecule has 26 heavy (non-hydrogen) atoms. The minimum Gasteiger partial charge on any atom is -0.494 e. The van der Waals surface area contributed by atoms with E-state index in [1.165, 1.54) is 12.1 Å². The molecule has 2 aromatic carbocycles. The van der Waals surface area contributed by atoms with Gasteiger partial charge in [0.05, 0.1) is 17.7 Å². The Morgan fingerprint density at radius 2 is 2.08 bits per heavy atom. The molecule has 0 atom stereocenters. The van der Waals surface area contributed by atoms with Crippen molar-refractivity contribution in [2.45, 2.75) is 6.54 Å². The van der Waals surface area contributed by atoms with Crippen LogP contribution in [0.25, 0.3) is 10.2 Å². The summed E-state index contributed by atoms with van der Waals surface area (Å²) < 4.78 is 19.3. The molecule has 134 valence electrons. The van der Waals surface area contributed by atoms with Gasteiger partial charge in [0.15, 0.2) is 5.13 Å². The SMILES string of the molecule is COc1cccc2sc(N3CC(C(=O)NCc4ccc(F)cc4)C3)nc12. The monoisotopic (exact) mass is 371 g/mol. The van der Waals surface area contributed by atoms with E-state index in [0.717, 1.165) is 26.7 Å². The van der Waals surface area contributed by atoms with Crippen molar-refractivity contribution >= 4 is 32.6 Å². The van der Waals surface area contributed by atoms with E-state index >= 15 is 0 Å². The molecular weight excluding hydrogens is 353 g/mol. The van der Waals surface area contributed by atoms with Crippen LogP contribution >= 0.6 is 11.3 Å². The van der Waals surface area contributed by atoms with Crippen LogP contribution in [0.4, 0.5) is 9.52 Å². The zero-order valence-corrected chi connectivity index (χ0v) is 15.1. The highest BCUT2D eigenvalue weighted by Crippen LogP contribution is 2.36. The van der Waals surface area contributed by atoms with Crippen LogP contribution in [0.2, 0.25) is 0 Å². The van der Waals surface area contributed by atoms with Crippen molar-refractivity contribution in [2.24, 2.45) is 5.92 Å². The van der Waals surface area contributed by atoms with E-state index in [4.69, 9.17) is 4.74 Å². The van der Waals surface area contributed by atoms with E-state index in [2.05, 4.69) is 15.2 Å². The molecule has 1 N–H and O–H groups in total. The Hall–Kier alpha value is -2.67. The summed E-state index contributed by atoms with van der Waals surface area (Å²) in [5, 5.41) is 3.82. The fraction of sp³-hybridized carbons (Fsp3) is 0.263. The summed E-state index contributed by atoms with van der Waals surface area (Å²) in [6.45, 7) is 1.71. The van der Waals surface area contributed by atoms with Crippen molar-refractivity contribution in [3.63, 3.8) is 0 Å². The number of methoxy groups -OCH3 is 1. The molecule has 3 aromatic rings. The number of fused-ring (bicyclic) bond motifs is 1. The largest absolute Gasteiger partial charge is 0.494 e. The zero-order valence-electron chi connectivity index (χ0n) is 14.2. The summed E-state index contributed by atoms with van der Waals surface area (Å²) in [6, 6.07) is 12.0. The van der Waals surface area contributed by atoms with Crippen molar-refractivity contribution in [1.29, 1.82) is 0 Å². The number of nitrogens with zero attached hydrogens (tertiary/aromatic N) is 2. The summed E-state index contributed by atoms with van der Waals surface area (Å²) in [4.78, 5) is 19.0. The Morgan fingerprint density at radius 3 is 2.81 bits per heavy atom. The Morgan fingerprint density at radius 1 is 1.31 bits per heavy atom. The Balaban J connectivity index is 1.34. The molecule has 1 fully saturated rings. The number of anilines is 1. The Kier molecular flexibility index (Phi) is 4.46. The number of para-hydroxylation sites is 1. The maximum atomic E-state index is 12.9. The first-order valence-electron chi connectivity index (χ1n) is 8.34. The van der Waals surface area contributed by atoms with Gasteiger partial charge in [0.25, 0.3) is 0 Å². The molecule has 0 unspecified atom stereocenters. The molecule has 1 aromatic heterocycles. The summed E-state index contributed by atoms with van der Waals surface area (Å²) in [7, 11) is 1.64. The smallest absolute Gasteiger partial charge is 0.226 e. The van der Waals surface area contributed by atoms with Gasteiger partial charge in [0.1, 0.15) is 17.1 Å². The fourth-order valence-electron chi connectivity index (χ4n) is 2.95. The molecule has 0 radical (unpaired) electrons. The quantitative estimate of drug-likeness (QED) is 0.748. The molecule has 1 aliphatic rings. The van der Waals surface area contributed by atoms with Crippen molar-refractivity contribution < 1.29 is 13.9 Å². The van der Waals surface area contributed by atoms with Crippen LogP contribution in [-0.4, -0.2) is 31.1 Å². The number of hydrogen-bond donors (Lipinski definition) is 1. The van der Waals surface area contributed by atoms with E-state index in [1.807, 2.05) is 18.2 Å². The molecule has 5 nitrogen and oxygen atoms in total. The third kappa shape index (κ3) is 3.22. The van der Waals surface area contributed by atoms with Crippen molar-refractivity contribution in [3.8, 4) is 5.75 Å². The Bertz CT molecular complexity index is 936. The number of carbonyl (C=O) groups excluding carboxylic acids is 1. The van der Waals surface area contributed by atoms with E-state index in [-0.39, 0.29) is 17.6 Å². The van der Waals surface area contributed by atoms with Gasteiger partial charge >= 0.3 is 0 Å². The van der Waals surface area contributed by atoms with Crippen LogP contribution in [0.3, 0.4) is 0 Å². The second-order valence-electron chi connectivity index (χ2n) is 6.25. The van der Waals surface area contributed by atoms with Crippen LogP contribution in [-0.2, 0) is 11.3 Å². The van der Waals surface area contributed by atoms with Crippen molar-refractivity contribution in [2.75, 3.05) is 25.1 Å². The lowest BCUT2D eigenvalue weighted by Crippen LogP contribution is -2.53. The third-order valence-electron chi connectivity index (χ3n) is 4.49. The first-order chi connectivity index (χ1) is 12.6. The van der Waals surface area contributed by atoms with Crippen LogP contribution in [0.15, 0.2) is 42.5 Å². The number of hydrogen-bond acceptors (Lipinski definition) is 5. The lowest BCUT2D eigenvalue weighted by atomic mass is 10.00. The van der Waals surface area contributed by atoms with E-state index in [1.54, 1.807) is 30.6 Å². The second-order valence-corrected chi connectivity index (χ2v) is 7.26. The van der Waals surface area contributed by atoms with Crippen molar-refractivity contribution in [1.82, 2.24) is 10.3 Å². The molecule has 1 saturated heterocycles. The molecular formula is C19H18FN3O2S. The second kappa shape index (κ2) is 6.92. The molecule has 1 aliphatic heterocycles. The fourth-order valence-corrected chi connectivity index (χ4v) is 3.95. The van der Waals surface area contributed by atoms with Gasteiger partial charge in [-0.2, -0.15) is 0 Å². The molecule has 0 bridgehead atoms. The Labute approximate surface area is 154 Å². The topological polar surface area (TPSA) is 54.5 Å². The number of halogens is 1. The predicted molar refractivity (Wildman–Crippen MR) is 100 cm³/mol. The lowest BCUT2D eigenvalue weighted by molar-refractivity contribution is -0.125. The number of nitrogens with one attached hydrogen (secondary N) is 1. The minimum absolute atomic E-state index is 0.0178. The normalized spacial score (nSPS) is 14.3. The molecule has 7 heteroatoms. The maximum absolute atomic E-state index is 12.9. The van der Waals surface area contributed by atoms with Crippen LogP contribution in [0.5, 0.6) is 5.75 Å². The van der Waals surface area contributed by atoms with Gasteiger partial charge in [0, 0.05) is 19.6 Å². The number of benzene rings is 2. The number of thiazole rings is 1. The van der Waals surface area contributed by atoms with Crippen LogP contribution in [0, 0.1) is 11.7 Å². The standard InChI is InChI=1S/C19H18FN3O2S/c1-25-15-3-2-4-16-17(15)22-19(26-16)23-10-13(11-23)18(24)21-9-12-5-7-14(20)8-6-12/h2-8,13H,9-11H2,1H3,(H,21,24). The van der Waals surface area contributed by atoms with Gasteiger partial charge in [-0.25, -0.2) is 9.37 Å². The van der Waals surface area contributed by atoms with Gasteiger partial charge in [0.2, 0.25) is 5.91 Å². The van der Waals surface area contributed by atoms with Gasteiger partial charge < -0.3 is 15.0 Å².